The minimum absolute atomic E-state index is 0.0708. The molecule has 1 atom stereocenters. The average molecular weight is 343 g/mol. The molecule has 1 rings (SSSR count). The van der Waals surface area contributed by atoms with E-state index in [4.69, 9.17) is 4.74 Å². The Morgan fingerprint density at radius 2 is 2.05 bits per heavy atom. The first-order chi connectivity index (χ1) is 9.53. The summed E-state index contributed by atoms with van der Waals surface area (Å²) < 4.78 is 5.86. The van der Waals surface area contributed by atoms with Crippen LogP contribution in [0.2, 0.25) is 0 Å². The number of benzene rings is 1. The third-order valence-electron chi connectivity index (χ3n) is 3.41. The summed E-state index contributed by atoms with van der Waals surface area (Å²) >= 11 is 3.40. The van der Waals surface area contributed by atoms with Crippen molar-refractivity contribution in [2.24, 2.45) is 0 Å². The van der Waals surface area contributed by atoms with Crippen molar-refractivity contribution in [2.75, 3.05) is 26.7 Å². The fourth-order valence-corrected chi connectivity index (χ4v) is 2.66. The standard InChI is InChI=1S/C15H23BrN2O2/c1-5-18(6-2)11(3)10-17-15(19)13-8-7-12(20-4)9-14(13)16/h7-9,11H,5-6,10H2,1-4H3,(H,17,19)/t11-/m1/s1. The van der Waals surface area contributed by atoms with Gasteiger partial charge in [0, 0.05) is 17.1 Å². The van der Waals surface area contributed by atoms with E-state index in [9.17, 15) is 4.79 Å². The number of likely N-dealkylation sites (N-methyl/N-ethyl adjacent to an activating group) is 1. The predicted octanol–water partition coefficient (Wildman–Crippen LogP) is 2.92. The predicted molar refractivity (Wildman–Crippen MR) is 85.4 cm³/mol. The maximum Gasteiger partial charge on any atom is 0.252 e. The van der Waals surface area contributed by atoms with Gasteiger partial charge in [0.1, 0.15) is 5.75 Å². The van der Waals surface area contributed by atoms with Gasteiger partial charge in [0.25, 0.3) is 5.91 Å². The molecule has 5 heteroatoms. The molecule has 1 amide bonds. The van der Waals surface area contributed by atoms with Crippen LogP contribution in [0, 0.1) is 0 Å². The molecule has 1 N–H and O–H groups in total. The summed E-state index contributed by atoms with van der Waals surface area (Å²) in [6.45, 7) is 8.98. The summed E-state index contributed by atoms with van der Waals surface area (Å²) in [4.78, 5) is 14.5. The summed E-state index contributed by atoms with van der Waals surface area (Å²) in [7, 11) is 1.60. The number of hydrogen-bond donors (Lipinski definition) is 1. The Balaban J connectivity index is 2.63. The third kappa shape index (κ3) is 4.49. The lowest BCUT2D eigenvalue weighted by molar-refractivity contribution is 0.0937. The van der Waals surface area contributed by atoms with E-state index in [0.29, 0.717) is 18.2 Å². The van der Waals surface area contributed by atoms with Gasteiger partial charge in [0.15, 0.2) is 0 Å². The molecule has 0 aliphatic rings. The highest BCUT2D eigenvalue weighted by atomic mass is 79.9. The van der Waals surface area contributed by atoms with E-state index >= 15 is 0 Å². The highest BCUT2D eigenvalue weighted by molar-refractivity contribution is 9.10. The van der Waals surface area contributed by atoms with Crippen LogP contribution in [0.15, 0.2) is 22.7 Å². The zero-order chi connectivity index (χ0) is 15.1. The molecule has 0 saturated carbocycles. The van der Waals surface area contributed by atoms with Gasteiger partial charge in [0.05, 0.1) is 12.7 Å². The zero-order valence-electron chi connectivity index (χ0n) is 12.6. The summed E-state index contributed by atoms with van der Waals surface area (Å²) in [5.41, 5.74) is 0.623. The van der Waals surface area contributed by atoms with E-state index in [1.807, 2.05) is 0 Å². The van der Waals surface area contributed by atoms with E-state index in [1.165, 1.54) is 0 Å². The second kappa shape index (κ2) is 8.27. The zero-order valence-corrected chi connectivity index (χ0v) is 14.2. The number of carbonyl (C=O) groups is 1. The van der Waals surface area contributed by atoms with Gasteiger partial charge >= 0.3 is 0 Å². The Morgan fingerprint density at radius 1 is 1.40 bits per heavy atom. The quantitative estimate of drug-likeness (QED) is 0.828. The molecule has 0 fully saturated rings. The van der Waals surface area contributed by atoms with Crippen molar-refractivity contribution < 1.29 is 9.53 Å². The van der Waals surface area contributed by atoms with Gasteiger partial charge in [-0.3, -0.25) is 9.69 Å². The molecule has 112 valence electrons. The average Bonchev–Trinajstić information content (AvgIpc) is 2.45. The first kappa shape index (κ1) is 17.0. The maximum atomic E-state index is 12.2. The number of ether oxygens (including phenoxy) is 1. The van der Waals surface area contributed by atoms with Crippen molar-refractivity contribution >= 4 is 21.8 Å². The van der Waals surface area contributed by atoms with Crippen molar-refractivity contribution in [3.8, 4) is 5.75 Å². The highest BCUT2D eigenvalue weighted by Gasteiger charge is 2.14. The van der Waals surface area contributed by atoms with Crippen molar-refractivity contribution in [1.82, 2.24) is 10.2 Å². The molecule has 0 radical (unpaired) electrons. The van der Waals surface area contributed by atoms with Crippen LogP contribution in [0.3, 0.4) is 0 Å². The minimum Gasteiger partial charge on any atom is -0.497 e. The molecular formula is C15H23BrN2O2. The number of methoxy groups -OCH3 is 1. The first-order valence-corrected chi connectivity index (χ1v) is 7.68. The Labute approximate surface area is 129 Å². The van der Waals surface area contributed by atoms with E-state index in [2.05, 4.69) is 46.9 Å². The number of carbonyl (C=O) groups excluding carboxylic acids is 1. The Morgan fingerprint density at radius 3 is 2.55 bits per heavy atom. The van der Waals surface area contributed by atoms with Gasteiger partial charge in [-0.1, -0.05) is 13.8 Å². The monoisotopic (exact) mass is 342 g/mol. The molecule has 0 heterocycles. The number of amides is 1. The lowest BCUT2D eigenvalue weighted by Crippen LogP contribution is -2.42. The molecule has 0 aromatic heterocycles. The van der Waals surface area contributed by atoms with E-state index in [-0.39, 0.29) is 5.91 Å². The van der Waals surface area contributed by atoms with Crippen LogP contribution in [-0.4, -0.2) is 43.6 Å². The molecule has 0 saturated heterocycles. The largest absolute Gasteiger partial charge is 0.497 e. The van der Waals surface area contributed by atoms with Gasteiger partial charge < -0.3 is 10.1 Å². The SMILES string of the molecule is CCN(CC)[C@H](C)CNC(=O)c1ccc(OC)cc1Br. The molecule has 20 heavy (non-hydrogen) atoms. The van der Waals surface area contributed by atoms with Crippen molar-refractivity contribution in [3.63, 3.8) is 0 Å². The number of halogens is 1. The second-order valence-electron chi connectivity index (χ2n) is 4.63. The summed E-state index contributed by atoms with van der Waals surface area (Å²) in [6.07, 6.45) is 0. The topological polar surface area (TPSA) is 41.6 Å². The van der Waals surface area contributed by atoms with E-state index < -0.39 is 0 Å². The summed E-state index contributed by atoms with van der Waals surface area (Å²) in [5, 5.41) is 2.97. The highest BCUT2D eigenvalue weighted by Crippen LogP contribution is 2.22. The van der Waals surface area contributed by atoms with Gasteiger partial charge in [-0.15, -0.1) is 0 Å². The normalized spacial score (nSPS) is 12.3. The maximum absolute atomic E-state index is 12.2. The van der Waals surface area contributed by atoms with E-state index in [0.717, 1.165) is 23.3 Å². The number of rotatable bonds is 7. The molecule has 0 aliphatic heterocycles. The molecular weight excluding hydrogens is 320 g/mol. The molecule has 0 unspecified atom stereocenters. The van der Waals surface area contributed by atoms with Crippen molar-refractivity contribution in [1.29, 1.82) is 0 Å². The molecule has 1 aromatic rings. The molecule has 0 aliphatic carbocycles. The van der Waals surface area contributed by atoms with Gasteiger partial charge in [-0.25, -0.2) is 0 Å². The molecule has 1 aromatic carbocycles. The van der Waals surface area contributed by atoms with Crippen LogP contribution in [0.5, 0.6) is 5.75 Å². The first-order valence-electron chi connectivity index (χ1n) is 6.89. The van der Waals surface area contributed by atoms with Crippen LogP contribution in [-0.2, 0) is 0 Å². The third-order valence-corrected chi connectivity index (χ3v) is 4.07. The van der Waals surface area contributed by atoms with Crippen LogP contribution in [0.1, 0.15) is 31.1 Å². The Bertz CT molecular complexity index is 447. The van der Waals surface area contributed by atoms with Crippen molar-refractivity contribution in [2.45, 2.75) is 26.8 Å². The Hall–Kier alpha value is -1.07. The second-order valence-corrected chi connectivity index (χ2v) is 5.48. The van der Waals surface area contributed by atoms with E-state index in [1.54, 1.807) is 25.3 Å². The molecule has 4 nitrogen and oxygen atoms in total. The number of nitrogens with one attached hydrogen (secondary N) is 1. The summed E-state index contributed by atoms with van der Waals surface area (Å²) in [5.74, 6) is 0.656. The van der Waals surface area contributed by atoms with Crippen LogP contribution in [0.25, 0.3) is 0 Å². The summed E-state index contributed by atoms with van der Waals surface area (Å²) in [6, 6.07) is 5.67. The fraction of sp³-hybridized carbons (Fsp3) is 0.533. The van der Waals surface area contributed by atoms with Gasteiger partial charge in [-0.2, -0.15) is 0 Å². The van der Waals surface area contributed by atoms with Crippen molar-refractivity contribution in [3.05, 3.63) is 28.2 Å². The number of nitrogens with zero attached hydrogens (tertiary/aromatic N) is 1. The van der Waals surface area contributed by atoms with Crippen LogP contribution >= 0.6 is 15.9 Å². The lowest BCUT2D eigenvalue weighted by atomic mass is 10.2. The number of hydrogen-bond acceptors (Lipinski definition) is 3. The lowest BCUT2D eigenvalue weighted by Gasteiger charge is -2.26. The fourth-order valence-electron chi connectivity index (χ4n) is 2.12. The molecule has 0 bridgehead atoms. The van der Waals surface area contributed by atoms with Gasteiger partial charge in [0.2, 0.25) is 0 Å². The van der Waals surface area contributed by atoms with Gasteiger partial charge in [-0.05, 0) is 54.1 Å². The minimum atomic E-state index is -0.0708. The molecule has 0 spiro atoms. The van der Waals surface area contributed by atoms with Crippen LogP contribution in [0.4, 0.5) is 0 Å². The smallest absolute Gasteiger partial charge is 0.252 e. The Kier molecular flexibility index (Phi) is 7.02. The van der Waals surface area contributed by atoms with Crippen LogP contribution < -0.4 is 10.1 Å².